The number of hydrogen-bond acceptors (Lipinski definition) is 4. The summed E-state index contributed by atoms with van der Waals surface area (Å²) in [6.45, 7) is 1.70. The number of piperidine rings is 1. The molecule has 132 valence electrons. The van der Waals surface area contributed by atoms with Crippen molar-refractivity contribution in [3.8, 4) is 0 Å². The minimum Gasteiger partial charge on any atom is -0.375 e. The van der Waals surface area contributed by atoms with E-state index in [1.165, 1.54) is 32.1 Å². The van der Waals surface area contributed by atoms with Crippen LogP contribution in [0.3, 0.4) is 0 Å². The molecule has 0 aromatic carbocycles. The lowest BCUT2D eigenvalue weighted by atomic mass is 9.97. The summed E-state index contributed by atoms with van der Waals surface area (Å²) in [6.07, 6.45) is 11.7. The van der Waals surface area contributed by atoms with Crippen molar-refractivity contribution in [1.29, 1.82) is 0 Å². The Morgan fingerprint density at radius 2 is 1.88 bits per heavy atom. The van der Waals surface area contributed by atoms with E-state index in [0.717, 1.165) is 36.7 Å². The summed E-state index contributed by atoms with van der Waals surface area (Å²) in [6, 6.07) is 5.88. The second-order valence-electron chi connectivity index (χ2n) is 6.74. The molecule has 5 heteroatoms. The highest BCUT2D eigenvalue weighted by Gasteiger charge is 2.25. The quantitative estimate of drug-likeness (QED) is 0.731. The number of hydrogen-bond donors (Lipinski definition) is 0. The van der Waals surface area contributed by atoms with Gasteiger partial charge in [0.05, 0.1) is 17.2 Å². The van der Waals surface area contributed by atoms with E-state index < -0.39 is 0 Å². The number of carbonyl (C=O) groups excluding carboxylic acids is 1. The van der Waals surface area contributed by atoms with Crippen molar-refractivity contribution in [2.24, 2.45) is 0 Å². The zero-order chi connectivity index (χ0) is 16.6. The van der Waals surface area contributed by atoms with Gasteiger partial charge in [-0.05, 0) is 37.8 Å². The van der Waals surface area contributed by atoms with Gasteiger partial charge in [-0.3, -0.25) is 4.79 Å². The molecular formula is C19H28N2O2S. The average Bonchev–Trinajstić information content (AvgIpc) is 2.64. The van der Waals surface area contributed by atoms with Gasteiger partial charge in [-0.25, -0.2) is 4.98 Å². The van der Waals surface area contributed by atoms with Crippen LogP contribution in [-0.4, -0.2) is 46.8 Å². The van der Waals surface area contributed by atoms with E-state index in [1.807, 2.05) is 23.1 Å². The van der Waals surface area contributed by atoms with Crippen LogP contribution in [0, 0.1) is 0 Å². The van der Waals surface area contributed by atoms with Gasteiger partial charge in [0.15, 0.2) is 0 Å². The number of likely N-dealkylation sites (tertiary alicyclic amines) is 1. The summed E-state index contributed by atoms with van der Waals surface area (Å²) in [5.74, 6) is 1.07. The molecule has 1 saturated heterocycles. The Kier molecular flexibility index (Phi) is 6.97. The lowest BCUT2D eigenvalue weighted by molar-refractivity contribution is -0.134. The van der Waals surface area contributed by atoms with Crippen molar-refractivity contribution < 1.29 is 9.53 Å². The lowest BCUT2D eigenvalue weighted by Crippen LogP contribution is -2.42. The summed E-state index contributed by atoms with van der Waals surface area (Å²) < 4.78 is 6.25. The number of rotatable bonds is 6. The maximum absolute atomic E-state index is 12.3. The first-order valence-electron chi connectivity index (χ1n) is 9.28. The average molecular weight is 349 g/mol. The molecule has 0 atom stereocenters. The van der Waals surface area contributed by atoms with Crippen LogP contribution in [-0.2, 0) is 9.53 Å². The van der Waals surface area contributed by atoms with E-state index in [1.54, 1.807) is 18.0 Å². The lowest BCUT2D eigenvalue weighted by Gasteiger charge is -2.35. The summed E-state index contributed by atoms with van der Waals surface area (Å²) >= 11 is 1.65. The molecule has 0 bridgehead atoms. The van der Waals surface area contributed by atoms with Crippen LogP contribution in [0.1, 0.15) is 51.4 Å². The third-order valence-electron chi connectivity index (χ3n) is 4.94. The predicted octanol–water partition coefficient (Wildman–Crippen LogP) is 3.90. The third-order valence-corrected chi connectivity index (χ3v) is 5.88. The molecule has 0 N–H and O–H groups in total. The molecule has 1 aromatic heterocycles. The van der Waals surface area contributed by atoms with E-state index in [9.17, 15) is 4.79 Å². The highest BCUT2D eigenvalue weighted by Crippen LogP contribution is 2.25. The molecule has 2 aliphatic rings. The summed E-state index contributed by atoms with van der Waals surface area (Å²) in [5.41, 5.74) is 0. The molecule has 24 heavy (non-hydrogen) atoms. The molecule has 4 nitrogen and oxygen atoms in total. The van der Waals surface area contributed by atoms with Crippen molar-refractivity contribution >= 4 is 17.7 Å². The zero-order valence-corrected chi connectivity index (χ0v) is 15.2. The fraction of sp³-hybridized carbons (Fsp3) is 0.684. The minimum atomic E-state index is 0.273. The molecule has 1 aromatic rings. The Labute approximate surface area is 149 Å². The van der Waals surface area contributed by atoms with Crippen LogP contribution in [0.5, 0.6) is 0 Å². The number of nitrogens with zero attached hydrogens (tertiary/aromatic N) is 2. The smallest absolute Gasteiger partial charge is 0.223 e. The topological polar surface area (TPSA) is 42.4 Å². The highest BCUT2D eigenvalue weighted by molar-refractivity contribution is 7.99. The van der Waals surface area contributed by atoms with Gasteiger partial charge in [0.25, 0.3) is 0 Å². The van der Waals surface area contributed by atoms with Crippen LogP contribution in [0.25, 0.3) is 0 Å². The van der Waals surface area contributed by atoms with Gasteiger partial charge in [-0.15, -0.1) is 11.8 Å². The van der Waals surface area contributed by atoms with Gasteiger partial charge in [0.2, 0.25) is 5.91 Å². The number of aromatic nitrogens is 1. The second kappa shape index (κ2) is 9.42. The molecular weight excluding hydrogens is 320 g/mol. The summed E-state index contributed by atoms with van der Waals surface area (Å²) in [4.78, 5) is 18.6. The standard InChI is InChI=1S/C19H28N2O2S/c22-19(11-15-24-18-8-4-5-12-20-18)21-13-9-17(10-14-21)23-16-6-2-1-3-7-16/h4-5,8,12,16-17H,1-3,6-7,9-11,13-15H2. The van der Waals surface area contributed by atoms with E-state index in [4.69, 9.17) is 4.74 Å². The summed E-state index contributed by atoms with van der Waals surface area (Å²) in [5, 5.41) is 0.991. The molecule has 0 radical (unpaired) electrons. The molecule has 1 aliphatic carbocycles. The van der Waals surface area contributed by atoms with Crippen LogP contribution in [0.2, 0.25) is 0 Å². The van der Waals surface area contributed by atoms with Crippen LogP contribution < -0.4 is 0 Å². The maximum Gasteiger partial charge on any atom is 0.223 e. The molecule has 1 saturated carbocycles. The van der Waals surface area contributed by atoms with Crippen molar-refractivity contribution in [1.82, 2.24) is 9.88 Å². The first kappa shape index (κ1) is 17.7. The maximum atomic E-state index is 12.3. The second-order valence-corrected chi connectivity index (χ2v) is 7.86. The minimum absolute atomic E-state index is 0.273. The number of thioether (sulfide) groups is 1. The van der Waals surface area contributed by atoms with Crippen molar-refractivity contribution in [2.45, 2.75) is 68.6 Å². The number of amides is 1. The van der Waals surface area contributed by atoms with Gasteiger partial charge < -0.3 is 9.64 Å². The first-order chi connectivity index (χ1) is 11.8. The van der Waals surface area contributed by atoms with Gasteiger partial charge in [0.1, 0.15) is 0 Å². The molecule has 0 spiro atoms. The Morgan fingerprint density at radius 1 is 1.12 bits per heavy atom. The molecule has 2 heterocycles. The van der Waals surface area contributed by atoms with E-state index in [2.05, 4.69) is 4.98 Å². The Hall–Kier alpha value is -1.07. The third kappa shape index (κ3) is 5.49. The predicted molar refractivity (Wildman–Crippen MR) is 97.1 cm³/mol. The van der Waals surface area contributed by atoms with Gasteiger partial charge >= 0.3 is 0 Å². The van der Waals surface area contributed by atoms with Gasteiger partial charge in [-0.2, -0.15) is 0 Å². The normalized spacial score (nSPS) is 20.2. The molecule has 0 unspecified atom stereocenters. The fourth-order valence-corrected chi connectivity index (χ4v) is 4.34. The van der Waals surface area contributed by atoms with Crippen molar-refractivity contribution in [3.63, 3.8) is 0 Å². The Balaban J connectivity index is 1.32. The Morgan fingerprint density at radius 3 is 2.58 bits per heavy atom. The largest absolute Gasteiger partial charge is 0.375 e. The van der Waals surface area contributed by atoms with Crippen molar-refractivity contribution in [2.75, 3.05) is 18.8 Å². The molecule has 1 aliphatic heterocycles. The number of ether oxygens (including phenoxy) is 1. The molecule has 2 fully saturated rings. The molecule has 3 rings (SSSR count). The SMILES string of the molecule is O=C(CCSc1ccccn1)N1CCC(OC2CCCCC2)CC1. The van der Waals surface area contributed by atoms with Crippen LogP contribution in [0.15, 0.2) is 29.4 Å². The monoisotopic (exact) mass is 348 g/mol. The van der Waals surface area contributed by atoms with Gasteiger partial charge in [-0.1, -0.05) is 25.3 Å². The number of pyridine rings is 1. The van der Waals surface area contributed by atoms with E-state index in [0.29, 0.717) is 18.6 Å². The number of carbonyl (C=O) groups is 1. The Bertz CT molecular complexity index is 497. The molecule has 1 amide bonds. The van der Waals surface area contributed by atoms with Crippen LogP contribution in [0.4, 0.5) is 0 Å². The van der Waals surface area contributed by atoms with E-state index in [-0.39, 0.29) is 5.91 Å². The highest BCUT2D eigenvalue weighted by atomic mass is 32.2. The van der Waals surface area contributed by atoms with Crippen molar-refractivity contribution in [3.05, 3.63) is 24.4 Å². The van der Waals surface area contributed by atoms with E-state index >= 15 is 0 Å². The van der Waals surface area contributed by atoms with Gasteiger partial charge in [0, 0.05) is 31.5 Å². The van der Waals surface area contributed by atoms with Crippen LogP contribution >= 0.6 is 11.8 Å². The first-order valence-corrected chi connectivity index (χ1v) is 10.3. The summed E-state index contributed by atoms with van der Waals surface area (Å²) in [7, 11) is 0. The zero-order valence-electron chi connectivity index (χ0n) is 14.4. The fourth-order valence-electron chi connectivity index (χ4n) is 3.55.